The second-order valence-corrected chi connectivity index (χ2v) is 9.85. The summed E-state index contributed by atoms with van der Waals surface area (Å²) in [6.45, 7) is 2.49. The summed E-state index contributed by atoms with van der Waals surface area (Å²) in [7, 11) is -3.54. The van der Waals surface area contributed by atoms with E-state index in [2.05, 4.69) is 10.3 Å². The van der Waals surface area contributed by atoms with Gasteiger partial charge in [-0.2, -0.15) is 4.31 Å². The topological polar surface area (TPSA) is 79.4 Å². The van der Waals surface area contributed by atoms with Crippen LogP contribution >= 0.6 is 11.3 Å². The van der Waals surface area contributed by atoms with Gasteiger partial charge in [0.2, 0.25) is 10.0 Å². The van der Waals surface area contributed by atoms with Gasteiger partial charge >= 0.3 is 0 Å². The second-order valence-electron chi connectivity index (χ2n) is 6.93. The van der Waals surface area contributed by atoms with Crippen LogP contribution in [0.2, 0.25) is 0 Å². The maximum Gasteiger partial charge on any atom is 0.257 e. The molecule has 146 valence electrons. The number of hydrogen-bond acceptors (Lipinski definition) is 5. The molecule has 4 rings (SSSR count). The van der Waals surface area contributed by atoms with E-state index in [0.29, 0.717) is 17.2 Å². The van der Waals surface area contributed by atoms with E-state index >= 15 is 0 Å². The number of sulfonamides is 1. The summed E-state index contributed by atoms with van der Waals surface area (Å²) in [5.74, 6) is -0.311. The van der Waals surface area contributed by atoms with Crippen LogP contribution in [0.4, 0.5) is 5.13 Å². The van der Waals surface area contributed by atoms with Crippen molar-refractivity contribution in [2.45, 2.75) is 37.1 Å². The van der Waals surface area contributed by atoms with Crippen molar-refractivity contribution in [3.63, 3.8) is 0 Å². The highest BCUT2D eigenvalue weighted by atomic mass is 32.2. The number of hydrogen-bond donors (Lipinski definition) is 1. The number of anilines is 1. The minimum absolute atomic E-state index is 0.000704. The number of nitrogens with zero attached hydrogens (tertiary/aromatic N) is 2. The smallest absolute Gasteiger partial charge is 0.257 e. The van der Waals surface area contributed by atoms with Crippen LogP contribution in [0.1, 0.15) is 36.5 Å². The van der Waals surface area contributed by atoms with E-state index in [1.807, 2.05) is 31.2 Å². The highest BCUT2D eigenvalue weighted by Gasteiger charge is 2.30. The summed E-state index contributed by atoms with van der Waals surface area (Å²) < 4.78 is 28.3. The van der Waals surface area contributed by atoms with Gasteiger partial charge in [0.05, 0.1) is 15.1 Å². The standard InChI is InChI=1S/C20H21N3O3S2/c1-14-6-4-5-13-23(14)28(25,26)16-11-9-15(10-12-16)19(24)22-20-21-17-7-2-3-8-18(17)27-20/h2-3,7-12,14H,4-6,13H2,1H3,(H,21,22,24)/t14-/m0/s1. The Bertz CT molecular complexity index is 1070. The molecule has 1 fully saturated rings. The average Bonchev–Trinajstić information content (AvgIpc) is 3.10. The molecule has 0 unspecified atom stereocenters. The molecule has 0 bridgehead atoms. The van der Waals surface area contributed by atoms with Gasteiger partial charge in [0.15, 0.2) is 5.13 Å². The molecule has 1 N–H and O–H groups in total. The Hall–Kier alpha value is -2.29. The number of nitrogens with one attached hydrogen (secondary N) is 1. The van der Waals surface area contributed by atoms with E-state index in [9.17, 15) is 13.2 Å². The molecule has 1 aliphatic heterocycles. The number of carbonyl (C=O) groups excluding carboxylic acids is 1. The Morgan fingerprint density at radius 2 is 1.89 bits per heavy atom. The highest BCUT2D eigenvalue weighted by molar-refractivity contribution is 7.89. The van der Waals surface area contributed by atoms with Gasteiger partial charge in [0.25, 0.3) is 5.91 Å². The van der Waals surface area contributed by atoms with Crippen molar-refractivity contribution in [3.05, 3.63) is 54.1 Å². The third-order valence-electron chi connectivity index (χ3n) is 4.98. The van der Waals surface area contributed by atoms with Crippen LogP contribution in [0.5, 0.6) is 0 Å². The molecule has 1 amide bonds. The minimum Gasteiger partial charge on any atom is -0.298 e. The minimum atomic E-state index is -3.54. The summed E-state index contributed by atoms with van der Waals surface area (Å²) in [6.07, 6.45) is 2.81. The lowest BCUT2D eigenvalue weighted by Crippen LogP contribution is -2.41. The number of piperidine rings is 1. The van der Waals surface area contributed by atoms with Crippen LogP contribution in [0.15, 0.2) is 53.4 Å². The maximum atomic E-state index is 12.9. The molecule has 1 aromatic heterocycles. The van der Waals surface area contributed by atoms with Crippen molar-refractivity contribution in [3.8, 4) is 0 Å². The lowest BCUT2D eigenvalue weighted by atomic mass is 10.1. The Morgan fingerprint density at radius 3 is 2.61 bits per heavy atom. The van der Waals surface area contributed by atoms with Crippen LogP contribution in [0.25, 0.3) is 10.2 Å². The predicted octanol–water partition coefficient (Wildman–Crippen LogP) is 4.11. The number of rotatable bonds is 4. The van der Waals surface area contributed by atoms with Crippen molar-refractivity contribution in [2.75, 3.05) is 11.9 Å². The fourth-order valence-corrected chi connectivity index (χ4v) is 6.00. The monoisotopic (exact) mass is 415 g/mol. The van der Waals surface area contributed by atoms with Crippen LogP contribution in [-0.4, -0.2) is 36.2 Å². The average molecular weight is 416 g/mol. The fraction of sp³-hybridized carbons (Fsp3) is 0.300. The summed E-state index contributed by atoms with van der Waals surface area (Å²) >= 11 is 1.40. The zero-order valence-electron chi connectivity index (χ0n) is 15.5. The van der Waals surface area contributed by atoms with Gasteiger partial charge in [0.1, 0.15) is 0 Å². The molecule has 1 saturated heterocycles. The molecule has 0 radical (unpaired) electrons. The van der Waals surface area contributed by atoms with Gasteiger partial charge < -0.3 is 0 Å². The van der Waals surface area contributed by atoms with Crippen molar-refractivity contribution in [1.29, 1.82) is 0 Å². The van der Waals surface area contributed by atoms with E-state index in [-0.39, 0.29) is 16.8 Å². The first kappa shape index (κ1) is 19.0. The Morgan fingerprint density at radius 1 is 1.14 bits per heavy atom. The van der Waals surface area contributed by atoms with E-state index in [4.69, 9.17) is 0 Å². The van der Waals surface area contributed by atoms with Crippen LogP contribution in [0, 0.1) is 0 Å². The third-order valence-corrected chi connectivity index (χ3v) is 7.96. The van der Waals surface area contributed by atoms with E-state index in [1.54, 1.807) is 16.4 Å². The van der Waals surface area contributed by atoms with Gasteiger partial charge in [-0.3, -0.25) is 10.1 Å². The van der Waals surface area contributed by atoms with Crippen molar-refractivity contribution >= 4 is 42.6 Å². The summed E-state index contributed by atoms with van der Waals surface area (Å²) in [5.41, 5.74) is 1.23. The lowest BCUT2D eigenvalue weighted by Gasteiger charge is -2.32. The molecule has 8 heteroatoms. The summed E-state index contributed by atoms with van der Waals surface area (Å²) in [4.78, 5) is 17.1. The third kappa shape index (κ3) is 3.67. The first-order chi connectivity index (χ1) is 13.4. The number of aromatic nitrogens is 1. The van der Waals surface area contributed by atoms with E-state index in [0.717, 1.165) is 29.5 Å². The molecule has 1 atom stereocenters. The number of fused-ring (bicyclic) bond motifs is 1. The zero-order chi connectivity index (χ0) is 19.7. The lowest BCUT2D eigenvalue weighted by molar-refractivity contribution is 0.102. The van der Waals surface area contributed by atoms with Crippen LogP contribution in [-0.2, 0) is 10.0 Å². The number of para-hydroxylation sites is 1. The molecule has 2 heterocycles. The summed E-state index contributed by atoms with van der Waals surface area (Å²) in [6, 6.07) is 13.8. The number of benzene rings is 2. The Labute approximate surface area is 168 Å². The zero-order valence-corrected chi connectivity index (χ0v) is 17.1. The van der Waals surface area contributed by atoms with Gasteiger partial charge in [-0.25, -0.2) is 13.4 Å². The van der Waals surface area contributed by atoms with Crippen molar-refractivity contribution in [2.24, 2.45) is 0 Å². The van der Waals surface area contributed by atoms with Gasteiger partial charge in [-0.15, -0.1) is 0 Å². The number of amides is 1. The van der Waals surface area contributed by atoms with Gasteiger partial charge in [-0.05, 0) is 56.2 Å². The Kier molecular flexibility index (Phi) is 5.18. The largest absolute Gasteiger partial charge is 0.298 e. The second kappa shape index (κ2) is 7.62. The SMILES string of the molecule is C[C@H]1CCCCN1S(=O)(=O)c1ccc(C(=O)Nc2nc3ccccc3s2)cc1. The molecule has 3 aromatic rings. The van der Waals surface area contributed by atoms with Gasteiger partial charge in [0, 0.05) is 18.2 Å². The number of thiazole rings is 1. The molecule has 28 heavy (non-hydrogen) atoms. The van der Waals surface area contributed by atoms with Gasteiger partial charge in [-0.1, -0.05) is 29.9 Å². The molecular weight excluding hydrogens is 394 g/mol. The van der Waals surface area contributed by atoms with E-state index in [1.165, 1.54) is 23.5 Å². The molecule has 0 aliphatic carbocycles. The first-order valence-electron chi connectivity index (χ1n) is 9.24. The molecule has 6 nitrogen and oxygen atoms in total. The van der Waals surface area contributed by atoms with Crippen molar-refractivity contribution < 1.29 is 13.2 Å². The summed E-state index contributed by atoms with van der Waals surface area (Å²) in [5, 5.41) is 3.30. The number of carbonyl (C=O) groups is 1. The maximum absolute atomic E-state index is 12.9. The normalized spacial score (nSPS) is 18.2. The quantitative estimate of drug-likeness (QED) is 0.695. The van der Waals surface area contributed by atoms with Crippen LogP contribution in [0.3, 0.4) is 0 Å². The highest BCUT2D eigenvalue weighted by Crippen LogP contribution is 2.27. The Balaban J connectivity index is 1.51. The molecule has 1 aliphatic rings. The van der Waals surface area contributed by atoms with Crippen molar-refractivity contribution in [1.82, 2.24) is 9.29 Å². The molecule has 0 spiro atoms. The molecule has 2 aromatic carbocycles. The van der Waals surface area contributed by atoms with Crippen LogP contribution < -0.4 is 5.32 Å². The predicted molar refractivity (Wildman–Crippen MR) is 111 cm³/mol. The molecular formula is C20H21N3O3S2. The van der Waals surface area contributed by atoms with E-state index < -0.39 is 10.0 Å². The first-order valence-corrected chi connectivity index (χ1v) is 11.5. The fourth-order valence-electron chi connectivity index (χ4n) is 3.44. The molecule has 0 saturated carbocycles.